The Morgan fingerprint density at radius 2 is 1.82 bits per heavy atom. The predicted octanol–water partition coefficient (Wildman–Crippen LogP) is 2.68. The minimum absolute atomic E-state index is 0.00347. The summed E-state index contributed by atoms with van der Waals surface area (Å²) in [5, 5.41) is 28.4. The molecule has 2 aromatic carbocycles. The third kappa shape index (κ3) is 3.12. The number of aromatic amines is 1. The number of para-hydroxylation sites is 1. The van der Waals surface area contributed by atoms with Gasteiger partial charge in [0.1, 0.15) is 5.75 Å². The van der Waals surface area contributed by atoms with Gasteiger partial charge < -0.3 is 15.5 Å². The lowest BCUT2D eigenvalue weighted by molar-refractivity contribution is 0.0697. The molecular formula is C19H13N5O4. The van der Waals surface area contributed by atoms with Crippen LogP contribution in [0.25, 0.3) is 22.4 Å². The number of hydrogen-bond acceptors (Lipinski definition) is 6. The Morgan fingerprint density at radius 3 is 2.61 bits per heavy atom. The number of fused-ring (bicyclic) bond motifs is 1. The number of aromatic hydroxyl groups is 1. The van der Waals surface area contributed by atoms with Crippen LogP contribution < -0.4 is 5.32 Å². The number of anilines is 1. The largest absolute Gasteiger partial charge is 0.507 e. The average molecular weight is 375 g/mol. The Kier molecular flexibility index (Phi) is 4.17. The van der Waals surface area contributed by atoms with E-state index in [9.17, 15) is 14.7 Å². The summed E-state index contributed by atoms with van der Waals surface area (Å²) in [5.74, 6) is -1.38. The third-order valence-corrected chi connectivity index (χ3v) is 4.05. The van der Waals surface area contributed by atoms with Gasteiger partial charge in [0, 0.05) is 11.1 Å². The summed E-state index contributed by atoms with van der Waals surface area (Å²) in [6, 6.07) is 12.3. The number of hydrogen-bond donors (Lipinski definition) is 4. The van der Waals surface area contributed by atoms with Crippen LogP contribution in [0.2, 0.25) is 0 Å². The molecule has 1 amide bonds. The number of amides is 1. The molecule has 0 aliphatic heterocycles. The number of carbonyl (C=O) groups excluding carboxylic acids is 1. The maximum atomic E-state index is 12.5. The zero-order valence-corrected chi connectivity index (χ0v) is 14.2. The first-order valence-corrected chi connectivity index (χ1v) is 8.17. The van der Waals surface area contributed by atoms with Gasteiger partial charge in [0.25, 0.3) is 5.91 Å². The van der Waals surface area contributed by atoms with Crippen LogP contribution in [0, 0.1) is 0 Å². The van der Waals surface area contributed by atoms with E-state index in [1.54, 1.807) is 18.2 Å². The summed E-state index contributed by atoms with van der Waals surface area (Å²) in [6.07, 6.45) is 1.47. The molecule has 0 radical (unpaired) electrons. The van der Waals surface area contributed by atoms with Crippen LogP contribution in [-0.4, -0.2) is 42.3 Å². The van der Waals surface area contributed by atoms with Crippen LogP contribution in [0.3, 0.4) is 0 Å². The van der Waals surface area contributed by atoms with E-state index in [-0.39, 0.29) is 28.3 Å². The Bertz CT molecular complexity index is 1220. The van der Waals surface area contributed by atoms with E-state index in [0.717, 1.165) is 0 Å². The molecule has 4 aromatic rings. The van der Waals surface area contributed by atoms with Gasteiger partial charge in [0.2, 0.25) is 5.65 Å². The van der Waals surface area contributed by atoms with E-state index in [1.807, 2.05) is 0 Å². The second-order valence-corrected chi connectivity index (χ2v) is 5.88. The third-order valence-electron chi connectivity index (χ3n) is 4.05. The van der Waals surface area contributed by atoms with Gasteiger partial charge in [0.15, 0.2) is 11.3 Å². The number of phenolic OH excluding ortho intramolecular Hbond substituents is 1. The zero-order chi connectivity index (χ0) is 19.7. The lowest BCUT2D eigenvalue weighted by Gasteiger charge is -2.05. The predicted molar refractivity (Wildman–Crippen MR) is 100 cm³/mol. The fourth-order valence-corrected chi connectivity index (χ4v) is 2.68. The van der Waals surface area contributed by atoms with Gasteiger partial charge in [-0.05, 0) is 30.3 Å². The van der Waals surface area contributed by atoms with Crippen LogP contribution >= 0.6 is 0 Å². The number of carbonyl (C=O) groups is 2. The minimum Gasteiger partial charge on any atom is -0.507 e. The number of nitrogens with zero attached hydrogens (tertiary/aromatic N) is 3. The van der Waals surface area contributed by atoms with Crippen molar-refractivity contribution in [1.82, 2.24) is 20.2 Å². The topological polar surface area (TPSA) is 141 Å². The Hall–Kier alpha value is -4.27. The van der Waals surface area contributed by atoms with Crippen molar-refractivity contribution in [3.8, 4) is 17.0 Å². The normalized spacial score (nSPS) is 10.7. The number of benzene rings is 2. The van der Waals surface area contributed by atoms with E-state index in [1.165, 1.54) is 36.5 Å². The quantitative estimate of drug-likeness (QED) is 0.430. The van der Waals surface area contributed by atoms with E-state index in [0.29, 0.717) is 16.8 Å². The van der Waals surface area contributed by atoms with Gasteiger partial charge in [-0.2, -0.15) is 5.10 Å². The van der Waals surface area contributed by atoms with E-state index in [4.69, 9.17) is 5.11 Å². The van der Waals surface area contributed by atoms with Crippen LogP contribution in [0.4, 0.5) is 5.82 Å². The maximum absolute atomic E-state index is 12.5. The van der Waals surface area contributed by atoms with Gasteiger partial charge in [-0.1, -0.05) is 18.2 Å². The number of phenols is 1. The molecule has 9 heteroatoms. The Morgan fingerprint density at radius 1 is 1.04 bits per heavy atom. The molecule has 0 aliphatic carbocycles. The van der Waals surface area contributed by atoms with Crippen molar-refractivity contribution in [3.05, 3.63) is 65.9 Å². The van der Waals surface area contributed by atoms with Gasteiger partial charge in [-0.25, -0.2) is 14.8 Å². The highest BCUT2D eigenvalue weighted by atomic mass is 16.4. The van der Waals surface area contributed by atoms with Crippen LogP contribution in [0.1, 0.15) is 20.7 Å². The number of carboxylic acid groups (broad SMARTS) is 1. The van der Waals surface area contributed by atoms with Crippen molar-refractivity contribution >= 4 is 28.9 Å². The molecule has 0 bridgehead atoms. The van der Waals surface area contributed by atoms with Crippen LogP contribution in [-0.2, 0) is 0 Å². The molecule has 4 rings (SSSR count). The first-order valence-electron chi connectivity index (χ1n) is 8.17. The zero-order valence-electron chi connectivity index (χ0n) is 14.2. The molecule has 0 atom stereocenters. The highest BCUT2D eigenvalue weighted by Gasteiger charge is 2.16. The van der Waals surface area contributed by atoms with Crippen molar-refractivity contribution in [2.45, 2.75) is 0 Å². The van der Waals surface area contributed by atoms with Crippen molar-refractivity contribution in [3.63, 3.8) is 0 Å². The number of nitrogens with one attached hydrogen (secondary N) is 2. The highest BCUT2D eigenvalue weighted by molar-refractivity contribution is 6.07. The van der Waals surface area contributed by atoms with Crippen LogP contribution in [0.5, 0.6) is 5.75 Å². The van der Waals surface area contributed by atoms with Crippen molar-refractivity contribution in [2.24, 2.45) is 0 Å². The second kappa shape index (κ2) is 6.80. The summed E-state index contributed by atoms with van der Waals surface area (Å²) in [5.41, 5.74) is 1.67. The minimum atomic E-state index is -1.13. The van der Waals surface area contributed by atoms with Gasteiger partial charge in [-0.15, -0.1) is 0 Å². The first kappa shape index (κ1) is 17.2. The molecule has 2 heterocycles. The second-order valence-electron chi connectivity index (χ2n) is 5.88. The molecule has 0 aliphatic rings. The molecule has 28 heavy (non-hydrogen) atoms. The number of aromatic nitrogens is 4. The van der Waals surface area contributed by atoms with Gasteiger partial charge >= 0.3 is 5.97 Å². The fraction of sp³-hybridized carbons (Fsp3) is 0. The van der Waals surface area contributed by atoms with Crippen molar-refractivity contribution in [1.29, 1.82) is 0 Å². The molecule has 0 unspecified atom stereocenters. The summed E-state index contributed by atoms with van der Waals surface area (Å²) in [6.45, 7) is 0. The van der Waals surface area contributed by atoms with Crippen molar-refractivity contribution < 1.29 is 19.8 Å². The molecule has 0 fully saturated rings. The summed E-state index contributed by atoms with van der Waals surface area (Å²) in [7, 11) is 0. The number of carboxylic acids is 1. The number of aromatic carboxylic acids is 1. The first-order chi connectivity index (χ1) is 13.5. The lowest BCUT2D eigenvalue weighted by Crippen LogP contribution is -2.13. The average Bonchev–Trinajstić information content (AvgIpc) is 3.10. The maximum Gasteiger partial charge on any atom is 0.335 e. The molecule has 0 saturated carbocycles. The molecule has 138 valence electrons. The van der Waals surface area contributed by atoms with E-state index < -0.39 is 11.9 Å². The van der Waals surface area contributed by atoms with Gasteiger partial charge in [-0.3, -0.25) is 9.89 Å². The number of rotatable bonds is 4. The van der Waals surface area contributed by atoms with Gasteiger partial charge in [0.05, 0.1) is 17.5 Å². The summed E-state index contributed by atoms with van der Waals surface area (Å²) >= 11 is 0. The smallest absolute Gasteiger partial charge is 0.335 e. The SMILES string of the molecule is O=C(O)c1cccc(C(=O)Nc2[nH]nc3ncc(-c4ccccc4O)nc23)c1. The number of H-pyrrole nitrogens is 1. The molecule has 4 N–H and O–H groups in total. The summed E-state index contributed by atoms with van der Waals surface area (Å²) in [4.78, 5) is 32.2. The van der Waals surface area contributed by atoms with E-state index in [2.05, 4.69) is 25.5 Å². The van der Waals surface area contributed by atoms with Crippen LogP contribution in [0.15, 0.2) is 54.7 Å². The van der Waals surface area contributed by atoms with Crippen molar-refractivity contribution in [2.75, 3.05) is 5.32 Å². The molecule has 9 nitrogen and oxygen atoms in total. The highest BCUT2D eigenvalue weighted by Crippen LogP contribution is 2.28. The Labute approximate surface area is 157 Å². The lowest BCUT2D eigenvalue weighted by atomic mass is 10.1. The Balaban J connectivity index is 1.69. The standard InChI is InChI=1S/C19H13N5O4/c25-14-7-2-1-6-12(14)13-9-20-16-15(21-13)17(24-23-16)22-18(26)10-4-3-5-11(8-10)19(27)28/h1-9,25H,(H,27,28)(H2,20,22,23,24,26). The van der Waals surface area contributed by atoms with E-state index >= 15 is 0 Å². The molecule has 2 aromatic heterocycles. The molecular weight excluding hydrogens is 362 g/mol. The molecule has 0 saturated heterocycles. The molecule has 0 spiro atoms. The summed E-state index contributed by atoms with van der Waals surface area (Å²) < 4.78 is 0. The fourth-order valence-electron chi connectivity index (χ4n) is 2.68. The monoisotopic (exact) mass is 375 g/mol.